The van der Waals surface area contributed by atoms with Crippen molar-refractivity contribution in [1.82, 2.24) is 0 Å². The van der Waals surface area contributed by atoms with Gasteiger partial charge in [-0.05, 0) is 18.2 Å². The number of thioether (sulfide) groups is 1. The van der Waals surface area contributed by atoms with Gasteiger partial charge in [-0.15, -0.1) is 11.8 Å². The molecule has 4 heteroatoms. The summed E-state index contributed by atoms with van der Waals surface area (Å²) >= 11 is 1.61. The van der Waals surface area contributed by atoms with Crippen LogP contribution in [0.3, 0.4) is 0 Å². The maximum Gasteiger partial charge on any atom is 0.306 e. The summed E-state index contributed by atoms with van der Waals surface area (Å²) in [7, 11) is 3.04. The third-order valence-corrected chi connectivity index (χ3v) is 2.84. The number of ether oxygens (including phenoxy) is 2. The predicted molar refractivity (Wildman–Crippen MR) is 60.4 cm³/mol. The van der Waals surface area contributed by atoms with Crippen molar-refractivity contribution in [1.29, 1.82) is 0 Å². The van der Waals surface area contributed by atoms with E-state index in [9.17, 15) is 4.79 Å². The molecule has 0 aliphatic carbocycles. The van der Waals surface area contributed by atoms with E-state index in [0.717, 1.165) is 16.4 Å². The Balaban J connectivity index is 2.40. The molecule has 0 N–H and O–H groups in total. The molecule has 0 amide bonds. The minimum absolute atomic E-state index is 0.176. The molecular formula is C11H14O3S. The summed E-state index contributed by atoms with van der Waals surface area (Å²) in [5, 5.41) is 0. The van der Waals surface area contributed by atoms with E-state index in [4.69, 9.17) is 4.74 Å². The van der Waals surface area contributed by atoms with Gasteiger partial charge in [0.25, 0.3) is 0 Å². The van der Waals surface area contributed by atoms with Gasteiger partial charge in [0, 0.05) is 10.6 Å². The maximum atomic E-state index is 10.9. The fraction of sp³-hybridized carbons (Fsp3) is 0.364. The van der Waals surface area contributed by atoms with Gasteiger partial charge in [0.2, 0.25) is 0 Å². The van der Waals surface area contributed by atoms with Crippen molar-refractivity contribution in [3.8, 4) is 5.75 Å². The maximum absolute atomic E-state index is 10.9. The van der Waals surface area contributed by atoms with Crippen molar-refractivity contribution in [3.63, 3.8) is 0 Å². The minimum Gasteiger partial charge on any atom is -0.497 e. The lowest BCUT2D eigenvalue weighted by molar-refractivity contribution is -0.140. The molecular weight excluding hydrogens is 212 g/mol. The summed E-state index contributed by atoms with van der Waals surface area (Å²) in [6.07, 6.45) is 0.429. The first-order chi connectivity index (χ1) is 7.26. The van der Waals surface area contributed by atoms with Crippen molar-refractivity contribution in [2.75, 3.05) is 20.0 Å². The van der Waals surface area contributed by atoms with E-state index in [2.05, 4.69) is 4.74 Å². The molecule has 0 aliphatic heterocycles. The first kappa shape index (κ1) is 11.9. The molecule has 15 heavy (non-hydrogen) atoms. The van der Waals surface area contributed by atoms with Crippen molar-refractivity contribution < 1.29 is 14.3 Å². The van der Waals surface area contributed by atoms with Gasteiger partial charge in [0.05, 0.1) is 20.6 Å². The van der Waals surface area contributed by atoms with Crippen LogP contribution in [0.2, 0.25) is 0 Å². The van der Waals surface area contributed by atoms with Crippen molar-refractivity contribution >= 4 is 17.7 Å². The lowest BCUT2D eigenvalue weighted by Crippen LogP contribution is -2.00. The molecule has 0 atom stereocenters. The average Bonchev–Trinajstić information content (AvgIpc) is 2.29. The Morgan fingerprint density at radius 1 is 1.40 bits per heavy atom. The Hall–Kier alpha value is -1.16. The first-order valence-electron chi connectivity index (χ1n) is 4.60. The Morgan fingerprint density at radius 3 is 2.87 bits per heavy atom. The number of benzene rings is 1. The smallest absolute Gasteiger partial charge is 0.306 e. The topological polar surface area (TPSA) is 35.5 Å². The van der Waals surface area contributed by atoms with Crippen LogP contribution in [0.15, 0.2) is 29.2 Å². The highest BCUT2D eigenvalue weighted by molar-refractivity contribution is 7.99. The lowest BCUT2D eigenvalue weighted by atomic mass is 10.3. The number of methoxy groups -OCH3 is 2. The molecule has 0 saturated carbocycles. The molecule has 1 aromatic carbocycles. The second-order valence-electron chi connectivity index (χ2n) is 2.85. The van der Waals surface area contributed by atoms with Crippen LogP contribution in [0, 0.1) is 0 Å². The fourth-order valence-corrected chi connectivity index (χ4v) is 1.92. The first-order valence-corrected chi connectivity index (χ1v) is 5.58. The van der Waals surface area contributed by atoms with Gasteiger partial charge >= 0.3 is 5.97 Å². The van der Waals surface area contributed by atoms with Crippen molar-refractivity contribution in [2.24, 2.45) is 0 Å². The van der Waals surface area contributed by atoms with Crippen LogP contribution in [0.4, 0.5) is 0 Å². The highest BCUT2D eigenvalue weighted by Crippen LogP contribution is 2.23. The molecule has 3 nitrogen and oxygen atoms in total. The number of hydrogen-bond donors (Lipinski definition) is 0. The van der Waals surface area contributed by atoms with Crippen LogP contribution in [0.1, 0.15) is 6.42 Å². The Kier molecular flexibility index (Phi) is 5.04. The molecule has 1 aromatic rings. The third kappa shape index (κ3) is 4.25. The summed E-state index contributed by atoms with van der Waals surface area (Å²) < 4.78 is 9.65. The van der Waals surface area contributed by atoms with Gasteiger partial charge in [-0.3, -0.25) is 4.79 Å². The Morgan fingerprint density at radius 2 is 2.20 bits per heavy atom. The van der Waals surface area contributed by atoms with Crippen LogP contribution in [-0.2, 0) is 9.53 Å². The largest absolute Gasteiger partial charge is 0.497 e. The quantitative estimate of drug-likeness (QED) is 0.570. The van der Waals surface area contributed by atoms with E-state index < -0.39 is 0 Å². The molecule has 0 unspecified atom stereocenters. The molecule has 0 saturated heterocycles. The zero-order chi connectivity index (χ0) is 11.1. The fourth-order valence-electron chi connectivity index (χ4n) is 1.05. The summed E-state index contributed by atoms with van der Waals surface area (Å²) in [6, 6.07) is 7.76. The van der Waals surface area contributed by atoms with E-state index in [1.165, 1.54) is 7.11 Å². The van der Waals surface area contributed by atoms with Crippen molar-refractivity contribution in [2.45, 2.75) is 11.3 Å². The SMILES string of the molecule is COC(=O)CCSc1cccc(OC)c1. The van der Waals surface area contributed by atoms with Crippen LogP contribution in [-0.4, -0.2) is 25.9 Å². The Bertz CT molecular complexity index is 325. The van der Waals surface area contributed by atoms with E-state index >= 15 is 0 Å². The highest BCUT2D eigenvalue weighted by atomic mass is 32.2. The average molecular weight is 226 g/mol. The van der Waals surface area contributed by atoms with Crippen LogP contribution >= 0.6 is 11.8 Å². The van der Waals surface area contributed by atoms with Gasteiger partial charge in [0.15, 0.2) is 0 Å². The summed E-state index contributed by atoms with van der Waals surface area (Å²) in [4.78, 5) is 12.0. The molecule has 82 valence electrons. The number of esters is 1. The molecule has 0 bridgehead atoms. The van der Waals surface area contributed by atoms with Gasteiger partial charge in [0.1, 0.15) is 5.75 Å². The molecule has 0 spiro atoms. The number of carbonyl (C=O) groups excluding carboxylic acids is 1. The van der Waals surface area contributed by atoms with E-state index in [1.54, 1.807) is 18.9 Å². The zero-order valence-electron chi connectivity index (χ0n) is 8.86. The molecule has 0 aliphatic rings. The van der Waals surface area contributed by atoms with Crippen LogP contribution in [0.25, 0.3) is 0 Å². The normalized spacial score (nSPS) is 9.73. The molecule has 0 radical (unpaired) electrons. The molecule has 0 aromatic heterocycles. The van der Waals surface area contributed by atoms with Gasteiger partial charge in [-0.1, -0.05) is 6.07 Å². The zero-order valence-corrected chi connectivity index (χ0v) is 9.67. The molecule has 0 heterocycles. The van der Waals surface area contributed by atoms with Crippen molar-refractivity contribution in [3.05, 3.63) is 24.3 Å². The van der Waals surface area contributed by atoms with E-state index in [-0.39, 0.29) is 5.97 Å². The van der Waals surface area contributed by atoms with Crippen LogP contribution < -0.4 is 4.74 Å². The monoisotopic (exact) mass is 226 g/mol. The second-order valence-corrected chi connectivity index (χ2v) is 4.02. The van der Waals surface area contributed by atoms with Gasteiger partial charge < -0.3 is 9.47 Å². The van der Waals surface area contributed by atoms with Crippen LogP contribution in [0.5, 0.6) is 5.75 Å². The predicted octanol–water partition coefficient (Wildman–Crippen LogP) is 2.35. The summed E-state index contributed by atoms with van der Waals surface area (Å²) in [5.74, 6) is 1.38. The van der Waals surface area contributed by atoms with E-state index in [1.807, 2.05) is 24.3 Å². The van der Waals surface area contributed by atoms with E-state index in [0.29, 0.717) is 6.42 Å². The summed E-state index contributed by atoms with van der Waals surface area (Å²) in [6.45, 7) is 0. The minimum atomic E-state index is -0.176. The highest BCUT2D eigenvalue weighted by Gasteiger charge is 2.01. The molecule has 1 rings (SSSR count). The standard InChI is InChI=1S/C11H14O3S/c1-13-9-4-3-5-10(8-9)15-7-6-11(12)14-2/h3-5,8H,6-7H2,1-2H3. The number of rotatable bonds is 5. The number of carbonyl (C=O) groups is 1. The number of hydrogen-bond acceptors (Lipinski definition) is 4. The summed E-state index contributed by atoms with van der Waals surface area (Å²) in [5.41, 5.74) is 0. The second kappa shape index (κ2) is 6.35. The lowest BCUT2D eigenvalue weighted by Gasteiger charge is -2.03. The molecule has 0 fully saturated rings. The Labute approximate surface area is 93.8 Å². The van der Waals surface area contributed by atoms with Gasteiger partial charge in [-0.25, -0.2) is 0 Å². The third-order valence-electron chi connectivity index (χ3n) is 1.84. The van der Waals surface area contributed by atoms with Gasteiger partial charge in [-0.2, -0.15) is 0 Å².